The molecule has 1 aliphatic heterocycles. The maximum Gasteiger partial charge on any atom is 0.245 e. The Labute approximate surface area is 169 Å². The number of aryl methyl sites for hydroxylation is 2. The second-order valence-electron chi connectivity index (χ2n) is 7.34. The van der Waals surface area contributed by atoms with Crippen LogP contribution in [0.15, 0.2) is 42.7 Å². The van der Waals surface area contributed by atoms with Gasteiger partial charge in [-0.1, -0.05) is 30.3 Å². The van der Waals surface area contributed by atoms with Crippen molar-refractivity contribution in [2.75, 3.05) is 11.9 Å². The smallest absolute Gasteiger partial charge is 0.245 e. The van der Waals surface area contributed by atoms with Crippen LogP contribution in [0.1, 0.15) is 42.7 Å². The lowest BCUT2D eigenvalue weighted by molar-refractivity contribution is -0.121. The first-order valence-electron chi connectivity index (χ1n) is 9.66. The normalized spacial score (nSPS) is 19.0. The van der Waals surface area contributed by atoms with E-state index in [1.165, 1.54) is 0 Å². The molecule has 0 bridgehead atoms. The van der Waals surface area contributed by atoms with Crippen molar-refractivity contribution in [2.24, 2.45) is 0 Å². The third-order valence-electron chi connectivity index (χ3n) is 5.29. The van der Waals surface area contributed by atoms with Crippen molar-refractivity contribution in [3.63, 3.8) is 0 Å². The molecule has 4 rings (SSSR count). The Bertz CT molecular complexity index is 997. The highest BCUT2D eigenvalue weighted by molar-refractivity contribution is 5.96. The molecule has 1 amide bonds. The number of anilines is 1. The van der Waals surface area contributed by atoms with Crippen LogP contribution < -0.4 is 10.2 Å². The molecule has 1 aliphatic rings. The average Bonchev–Trinajstić information content (AvgIpc) is 3.34. The van der Waals surface area contributed by atoms with Gasteiger partial charge in [0, 0.05) is 19.7 Å². The van der Waals surface area contributed by atoms with Crippen molar-refractivity contribution in [1.29, 1.82) is 0 Å². The van der Waals surface area contributed by atoms with Gasteiger partial charge in [-0.05, 0) is 25.8 Å². The van der Waals surface area contributed by atoms with Crippen molar-refractivity contribution in [2.45, 2.75) is 45.1 Å². The predicted molar refractivity (Wildman–Crippen MR) is 107 cm³/mol. The highest BCUT2D eigenvalue weighted by Gasteiger charge is 2.31. The number of amides is 1. The van der Waals surface area contributed by atoms with Gasteiger partial charge in [0.1, 0.15) is 12.1 Å². The minimum atomic E-state index is -1.14. The minimum absolute atomic E-state index is 0.0180. The van der Waals surface area contributed by atoms with E-state index >= 15 is 0 Å². The van der Waals surface area contributed by atoms with Crippen LogP contribution >= 0.6 is 0 Å². The summed E-state index contributed by atoms with van der Waals surface area (Å²) in [5, 5.41) is 22.4. The van der Waals surface area contributed by atoms with Crippen LogP contribution in [-0.2, 0) is 11.3 Å². The summed E-state index contributed by atoms with van der Waals surface area (Å²) >= 11 is 0. The van der Waals surface area contributed by atoms with Crippen molar-refractivity contribution in [1.82, 2.24) is 29.9 Å². The quantitative estimate of drug-likeness (QED) is 0.634. The number of aliphatic hydroxyl groups is 1. The molecule has 152 valence electrons. The molecule has 9 nitrogen and oxygen atoms in total. The third kappa shape index (κ3) is 3.79. The molecule has 3 heterocycles. The number of aliphatic hydroxyl groups excluding tert-OH is 1. The fourth-order valence-corrected chi connectivity index (χ4v) is 3.59. The number of benzene rings is 1. The third-order valence-corrected chi connectivity index (χ3v) is 5.29. The summed E-state index contributed by atoms with van der Waals surface area (Å²) in [4.78, 5) is 18.7. The molecule has 2 unspecified atom stereocenters. The Morgan fingerprint density at radius 3 is 2.76 bits per heavy atom. The van der Waals surface area contributed by atoms with Gasteiger partial charge in [0.2, 0.25) is 5.91 Å². The maximum absolute atomic E-state index is 12.8. The van der Waals surface area contributed by atoms with Gasteiger partial charge in [-0.15, -0.1) is 0 Å². The Morgan fingerprint density at radius 2 is 2.00 bits per heavy atom. The average molecular weight is 395 g/mol. The Morgan fingerprint density at radius 1 is 1.24 bits per heavy atom. The summed E-state index contributed by atoms with van der Waals surface area (Å²) in [5.41, 5.74) is 1.96. The zero-order valence-corrected chi connectivity index (χ0v) is 16.7. The van der Waals surface area contributed by atoms with Crippen molar-refractivity contribution < 1.29 is 9.90 Å². The van der Waals surface area contributed by atoms with Crippen molar-refractivity contribution in [3.05, 3.63) is 59.8 Å². The lowest BCUT2D eigenvalue weighted by Gasteiger charge is -2.22. The first-order chi connectivity index (χ1) is 13.9. The molecule has 0 spiro atoms. The first kappa shape index (κ1) is 19.3. The number of carbonyl (C=O) groups is 1. The standard InChI is InChI=1S/C20H25N7O2/c1-13-11-17-25(3)20(29)16(9-10-26(17)23-13)22-19(28)18-21-12-27(24-18)14(2)15-7-5-4-6-8-15/h4-8,11-12,14,16,19,22,28H,9-10H2,1-3H3/t14?,16-,19?/m0/s1. The Hall–Kier alpha value is -3.04. The zero-order chi connectivity index (χ0) is 20.5. The molecule has 0 aliphatic carbocycles. The number of hydrogen-bond donors (Lipinski definition) is 2. The fraction of sp³-hybridized carbons (Fsp3) is 0.400. The lowest BCUT2D eigenvalue weighted by Crippen LogP contribution is -2.45. The molecule has 9 heteroatoms. The summed E-state index contributed by atoms with van der Waals surface area (Å²) in [7, 11) is 1.72. The van der Waals surface area contributed by atoms with Gasteiger partial charge in [-0.2, -0.15) is 10.2 Å². The van der Waals surface area contributed by atoms with Crippen LogP contribution in [0.5, 0.6) is 0 Å². The summed E-state index contributed by atoms with van der Waals surface area (Å²) < 4.78 is 3.52. The number of nitrogens with zero attached hydrogens (tertiary/aromatic N) is 6. The van der Waals surface area contributed by atoms with Gasteiger partial charge < -0.3 is 5.11 Å². The lowest BCUT2D eigenvalue weighted by atomic mass is 10.1. The minimum Gasteiger partial charge on any atom is -0.371 e. The second-order valence-corrected chi connectivity index (χ2v) is 7.34. The number of carbonyl (C=O) groups excluding carboxylic acids is 1. The van der Waals surface area contributed by atoms with E-state index in [2.05, 4.69) is 20.5 Å². The number of nitrogens with one attached hydrogen (secondary N) is 1. The Kier molecular flexibility index (Phi) is 5.16. The predicted octanol–water partition coefficient (Wildman–Crippen LogP) is 1.41. The molecular formula is C20H25N7O2. The van der Waals surface area contributed by atoms with Crippen LogP contribution in [0.4, 0.5) is 5.82 Å². The highest BCUT2D eigenvalue weighted by Crippen LogP contribution is 2.22. The van der Waals surface area contributed by atoms with E-state index in [9.17, 15) is 9.90 Å². The summed E-state index contributed by atoms with van der Waals surface area (Å²) in [5.74, 6) is 0.867. The molecule has 0 radical (unpaired) electrons. The van der Waals surface area contributed by atoms with E-state index in [1.54, 1.807) is 23.0 Å². The number of hydrogen-bond acceptors (Lipinski definition) is 6. The number of aromatic nitrogens is 5. The monoisotopic (exact) mass is 395 g/mol. The number of rotatable bonds is 5. The zero-order valence-electron chi connectivity index (χ0n) is 16.7. The first-order valence-corrected chi connectivity index (χ1v) is 9.66. The molecule has 0 saturated heterocycles. The van der Waals surface area contributed by atoms with Gasteiger partial charge in [-0.25, -0.2) is 14.3 Å². The molecular weight excluding hydrogens is 370 g/mol. The van der Waals surface area contributed by atoms with Gasteiger partial charge in [-0.3, -0.25) is 15.0 Å². The molecule has 0 saturated carbocycles. The van der Waals surface area contributed by atoms with Gasteiger partial charge in [0.25, 0.3) is 0 Å². The van der Waals surface area contributed by atoms with Crippen LogP contribution in [0.2, 0.25) is 0 Å². The molecule has 29 heavy (non-hydrogen) atoms. The van der Waals surface area contributed by atoms with E-state index in [-0.39, 0.29) is 17.8 Å². The van der Waals surface area contributed by atoms with Gasteiger partial charge in [0.05, 0.1) is 17.8 Å². The molecule has 1 aromatic carbocycles. The fourth-order valence-electron chi connectivity index (χ4n) is 3.59. The topological polar surface area (TPSA) is 101 Å². The van der Waals surface area contributed by atoms with Crippen LogP contribution in [0, 0.1) is 6.92 Å². The Balaban J connectivity index is 1.46. The van der Waals surface area contributed by atoms with E-state index in [4.69, 9.17) is 0 Å². The number of likely N-dealkylation sites (N-methyl/N-ethyl adjacent to an activating group) is 1. The summed E-state index contributed by atoms with van der Waals surface area (Å²) in [6.07, 6.45) is 0.959. The van der Waals surface area contributed by atoms with Crippen molar-refractivity contribution in [3.8, 4) is 0 Å². The van der Waals surface area contributed by atoms with Crippen LogP contribution in [0.3, 0.4) is 0 Å². The largest absolute Gasteiger partial charge is 0.371 e. The summed E-state index contributed by atoms with van der Waals surface area (Å²) in [6, 6.07) is 11.3. The van der Waals surface area contributed by atoms with E-state index in [0.29, 0.717) is 13.0 Å². The van der Waals surface area contributed by atoms with Crippen molar-refractivity contribution >= 4 is 11.7 Å². The van der Waals surface area contributed by atoms with Gasteiger partial charge >= 0.3 is 0 Å². The van der Waals surface area contributed by atoms with E-state index in [0.717, 1.165) is 17.1 Å². The highest BCUT2D eigenvalue weighted by atomic mass is 16.3. The second kappa shape index (κ2) is 7.76. The molecule has 2 N–H and O–H groups in total. The SMILES string of the molecule is Cc1cc2n(n1)CC[C@H](NC(O)c1ncn(C(C)c3ccccc3)n1)C(=O)N2C. The van der Waals surface area contributed by atoms with Crippen LogP contribution in [0.25, 0.3) is 0 Å². The number of fused-ring (bicyclic) bond motifs is 1. The molecule has 3 atom stereocenters. The van der Waals surface area contributed by atoms with Gasteiger partial charge in [0.15, 0.2) is 12.1 Å². The molecule has 0 fully saturated rings. The van der Waals surface area contributed by atoms with E-state index < -0.39 is 12.3 Å². The molecule has 2 aromatic heterocycles. The summed E-state index contributed by atoms with van der Waals surface area (Å²) in [6.45, 7) is 4.50. The van der Waals surface area contributed by atoms with Crippen LogP contribution in [-0.4, -0.2) is 48.6 Å². The molecule has 3 aromatic rings. The maximum atomic E-state index is 12.8. The van der Waals surface area contributed by atoms with E-state index in [1.807, 2.05) is 54.9 Å².